The van der Waals surface area contributed by atoms with Crippen molar-refractivity contribution in [2.45, 2.75) is 4.90 Å². The summed E-state index contributed by atoms with van der Waals surface area (Å²) in [6.45, 7) is 0. The number of anilines is 1. The summed E-state index contributed by atoms with van der Waals surface area (Å²) < 4.78 is 78.2. The predicted molar refractivity (Wildman–Crippen MR) is 66.3 cm³/mol. The number of halogens is 5. The molecule has 0 aliphatic rings. The number of hydrogen-bond acceptors (Lipinski definition) is 3. The molecule has 21 heavy (non-hydrogen) atoms. The molecule has 0 spiro atoms. The van der Waals surface area contributed by atoms with Gasteiger partial charge in [-0.05, 0) is 12.1 Å². The lowest BCUT2D eigenvalue weighted by molar-refractivity contribution is 0.459. The zero-order chi connectivity index (χ0) is 15.8. The van der Waals surface area contributed by atoms with E-state index in [2.05, 4.69) is 4.98 Å². The molecule has 0 unspecified atom stereocenters. The summed E-state index contributed by atoms with van der Waals surface area (Å²) >= 11 is 5.55. The Labute approximate surface area is 121 Å². The van der Waals surface area contributed by atoms with Crippen molar-refractivity contribution >= 4 is 27.3 Å². The normalized spacial score (nSPS) is 11.5. The van der Waals surface area contributed by atoms with E-state index in [9.17, 15) is 26.0 Å². The lowest BCUT2D eigenvalue weighted by Crippen LogP contribution is -2.17. The standard InChI is InChI=1S/C11H5ClF4N2O2S/c12-11-7(2-1-3-17-11)21(19,20)18-10-8(15)5(13)4-6(14)9(10)16/h1-4,18H. The van der Waals surface area contributed by atoms with Gasteiger partial charge in [-0.3, -0.25) is 4.72 Å². The molecule has 112 valence electrons. The Kier molecular flexibility index (Phi) is 4.06. The number of nitrogens with zero attached hydrogens (tertiary/aromatic N) is 1. The van der Waals surface area contributed by atoms with Gasteiger partial charge in [0, 0.05) is 12.3 Å². The smallest absolute Gasteiger partial charge is 0.265 e. The molecular weight excluding hydrogens is 336 g/mol. The molecular formula is C11H5ClF4N2O2S. The summed E-state index contributed by atoms with van der Waals surface area (Å²) in [7, 11) is -4.58. The van der Waals surface area contributed by atoms with Crippen molar-refractivity contribution in [1.82, 2.24) is 4.98 Å². The Morgan fingerprint density at radius 1 is 1.10 bits per heavy atom. The first-order chi connectivity index (χ1) is 9.74. The second kappa shape index (κ2) is 5.49. The van der Waals surface area contributed by atoms with Gasteiger partial charge in [0.1, 0.15) is 15.7 Å². The summed E-state index contributed by atoms with van der Waals surface area (Å²) in [6, 6.07) is 2.17. The van der Waals surface area contributed by atoms with Gasteiger partial charge < -0.3 is 0 Å². The van der Waals surface area contributed by atoms with E-state index >= 15 is 0 Å². The molecule has 0 saturated carbocycles. The Hall–Kier alpha value is -1.87. The fraction of sp³-hybridized carbons (Fsp3) is 0. The predicted octanol–water partition coefficient (Wildman–Crippen LogP) is 3.09. The van der Waals surface area contributed by atoms with Crippen LogP contribution in [0, 0.1) is 23.3 Å². The van der Waals surface area contributed by atoms with Gasteiger partial charge in [-0.2, -0.15) is 0 Å². The molecule has 0 amide bonds. The Balaban J connectivity index is 2.55. The highest BCUT2D eigenvalue weighted by Gasteiger charge is 2.26. The van der Waals surface area contributed by atoms with E-state index in [1.807, 2.05) is 0 Å². The zero-order valence-corrected chi connectivity index (χ0v) is 11.4. The van der Waals surface area contributed by atoms with Crippen molar-refractivity contribution in [3.05, 3.63) is 52.8 Å². The maximum Gasteiger partial charge on any atom is 0.265 e. The summed E-state index contributed by atoms with van der Waals surface area (Å²) in [5.41, 5.74) is -1.48. The molecule has 4 nitrogen and oxygen atoms in total. The molecule has 1 aromatic carbocycles. The highest BCUT2D eigenvalue weighted by atomic mass is 35.5. The minimum Gasteiger partial charge on any atom is -0.274 e. The van der Waals surface area contributed by atoms with E-state index in [-0.39, 0.29) is 6.07 Å². The number of aromatic nitrogens is 1. The fourth-order valence-corrected chi connectivity index (χ4v) is 2.94. The molecule has 10 heteroatoms. The fourth-order valence-electron chi connectivity index (χ4n) is 1.42. The number of sulfonamides is 1. The summed E-state index contributed by atoms with van der Waals surface area (Å²) in [5.74, 6) is -7.25. The third kappa shape index (κ3) is 2.93. The molecule has 0 bridgehead atoms. The molecule has 1 aromatic heterocycles. The van der Waals surface area contributed by atoms with Crippen LogP contribution in [0.2, 0.25) is 5.15 Å². The molecule has 0 aliphatic heterocycles. The molecule has 0 atom stereocenters. The van der Waals surface area contributed by atoms with Crippen LogP contribution < -0.4 is 4.72 Å². The van der Waals surface area contributed by atoms with E-state index in [1.54, 1.807) is 0 Å². The van der Waals surface area contributed by atoms with Crippen LogP contribution in [0.3, 0.4) is 0 Å². The lowest BCUT2D eigenvalue weighted by Gasteiger charge is -2.11. The van der Waals surface area contributed by atoms with Crippen molar-refractivity contribution in [3.63, 3.8) is 0 Å². The molecule has 0 fully saturated rings. The van der Waals surface area contributed by atoms with E-state index < -0.39 is 49.0 Å². The third-order valence-electron chi connectivity index (χ3n) is 2.36. The van der Waals surface area contributed by atoms with E-state index in [4.69, 9.17) is 11.6 Å². The SMILES string of the molecule is O=S(=O)(Nc1c(F)c(F)cc(F)c1F)c1cccnc1Cl. The molecule has 0 radical (unpaired) electrons. The summed E-state index contributed by atoms with van der Waals surface area (Å²) in [6.07, 6.45) is 1.18. The topological polar surface area (TPSA) is 59.1 Å². The van der Waals surface area contributed by atoms with Crippen molar-refractivity contribution in [1.29, 1.82) is 0 Å². The van der Waals surface area contributed by atoms with Crippen LogP contribution >= 0.6 is 11.6 Å². The van der Waals surface area contributed by atoms with Crippen molar-refractivity contribution in [2.75, 3.05) is 4.72 Å². The van der Waals surface area contributed by atoms with Crippen LogP contribution in [0.4, 0.5) is 23.2 Å². The van der Waals surface area contributed by atoms with Gasteiger partial charge in [-0.15, -0.1) is 0 Å². The van der Waals surface area contributed by atoms with Crippen LogP contribution in [0.1, 0.15) is 0 Å². The van der Waals surface area contributed by atoms with Crippen LogP contribution in [0.25, 0.3) is 0 Å². The Morgan fingerprint density at radius 2 is 1.67 bits per heavy atom. The average molecular weight is 341 g/mol. The molecule has 2 aromatic rings. The number of pyridine rings is 1. The molecule has 2 rings (SSSR count). The van der Waals surface area contributed by atoms with Crippen LogP contribution in [-0.4, -0.2) is 13.4 Å². The number of hydrogen-bond donors (Lipinski definition) is 1. The Morgan fingerprint density at radius 3 is 2.19 bits per heavy atom. The van der Waals surface area contributed by atoms with Crippen LogP contribution in [-0.2, 0) is 10.0 Å². The largest absolute Gasteiger partial charge is 0.274 e. The van der Waals surface area contributed by atoms with Crippen molar-refractivity contribution in [3.8, 4) is 0 Å². The van der Waals surface area contributed by atoms with Gasteiger partial charge >= 0.3 is 0 Å². The molecule has 0 saturated heterocycles. The monoisotopic (exact) mass is 340 g/mol. The summed E-state index contributed by atoms with van der Waals surface area (Å²) in [4.78, 5) is 2.88. The third-order valence-corrected chi connectivity index (χ3v) is 4.16. The maximum absolute atomic E-state index is 13.4. The number of rotatable bonds is 3. The van der Waals surface area contributed by atoms with E-state index in [1.165, 1.54) is 17.0 Å². The van der Waals surface area contributed by atoms with Gasteiger partial charge in [-0.25, -0.2) is 31.0 Å². The number of nitrogens with one attached hydrogen (secondary N) is 1. The maximum atomic E-state index is 13.4. The highest BCUT2D eigenvalue weighted by Crippen LogP contribution is 2.28. The van der Waals surface area contributed by atoms with Gasteiger partial charge in [0.2, 0.25) is 0 Å². The van der Waals surface area contributed by atoms with Gasteiger partial charge in [0.25, 0.3) is 10.0 Å². The second-order valence-electron chi connectivity index (χ2n) is 3.74. The number of benzene rings is 1. The first-order valence-electron chi connectivity index (χ1n) is 5.20. The van der Waals surface area contributed by atoms with Crippen LogP contribution in [0.15, 0.2) is 29.3 Å². The highest BCUT2D eigenvalue weighted by molar-refractivity contribution is 7.92. The van der Waals surface area contributed by atoms with Gasteiger partial charge in [0.15, 0.2) is 23.3 Å². The first kappa shape index (κ1) is 15.5. The van der Waals surface area contributed by atoms with Gasteiger partial charge in [-0.1, -0.05) is 11.6 Å². The van der Waals surface area contributed by atoms with Gasteiger partial charge in [0.05, 0.1) is 0 Å². The van der Waals surface area contributed by atoms with E-state index in [0.717, 1.165) is 6.07 Å². The lowest BCUT2D eigenvalue weighted by atomic mass is 10.3. The minimum absolute atomic E-state index is 0.0421. The first-order valence-corrected chi connectivity index (χ1v) is 7.06. The second-order valence-corrected chi connectivity index (χ2v) is 5.75. The molecule has 1 heterocycles. The quantitative estimate of drug-likeness (QED) is 0.530. The Bertz CT molecular complexity index is 788. The average Bonchev–Trinajstić information content (AvgIpc) is 2.42. The minimum atomic E-state index is -4.58. The van der Waals surface area contributed by atoms with E-state index in [0.29, 0.717) is 0 Å². The zero-order valence-electron chi connectivity index (χ0n) is 9.87. The van der Waals surface area contributed by atoms with Crippen molar-refractivity contribution in [2.24, 2.45) is 0 Å². The molecule has 1 N–H and O–H groups in total. The van der Waals surface area contributed by atoms with Crippen molar-refractivity contribution < 1.29 is 26.0 Å². The summed E-state index contributed by atoms with van der Waals surface area (Å²) in [5, 5.41) is -0.470. The van der Waals surface area contributed by atoms with Crippen LogP contribution in [0.5, 0.6) is 0 Å². The molecule has 0 aliphatic carbocycles.